The Bertz CT molecular complexity index is 1150. The zero-order valence-electron chi connectivity index (χ0n) is 18.3. The van der Waals surface area contributed by atoms with Crippen molar-refractivity contribution in [3.8, 4) is 0 Å². The summed E-state index contributed by atoms with van der Waals surface area (Å²) in [7, 11) is 0. The maximum Gasteiger partial charge on any atom is 0.246 e. The lowest BCUT2D eigenvalue weighted by Gasteiger charge is -2.09. The van der Waals surface area contributed by atoms with Crippen LogP contribution in [0.25, 0.3) is 21.8 Å². The molecule has 0 saturated heterocycles. The topological polar surface area (TPSA) is 93.2 Å². The van der Waals surface area contributed by atoms with Gasteiger partial charge in [0.05, 0.1) is 11.0 Å². The second-order valence-corrected chi connectivity index (χ2v) is 7.68. The third-order valence-electron chi connectivity index (χ3n) is 5.33. The van der Waals surface area contributed by atoms with Crippen LogP contribution in [0.3, 0.4) is 0 Å². The van der Waals surface area contributed by atoms with Gasteiger partial charge in [-0.05, 0) is 36.1 Å². The van der Waals surface area contributed by atoms with Gasteiger partial charge in [0.2, 0.25) is 11.8 Å². The molecule has 2 amide bonds. The molecule has 0 spiro atoms. The normalized spacial score (nSPS) is 10.9. The highest BCUT2D eigenvalue weighted by Crippen LogP contribution is 2.17. The molecule has 7 heteroatoms. The smallest absolute Gasteiger partial charge is 0.246 e. The van der Waals surface area contributed by atoms with Crippen molar-refractivity contribution < 1.29 is 14.3 Å². The summed E-state index contributed by atoms with van der Waals surface area (Å²) in [4.78, 5) is 32.9. The molecule has 0 fully saturated rings. The zero-order chi connectivity index (χ0) is 22.9. The first kappa shape index (κ1) is 22.4. The van der Waals surface area contributed by atoms with Crippen LogP contribution >= 0.6 is 0 Å². The van der Waals surface area contributed by atoms with E-state index in [1.54, 1.807) is 12.4 Å². The highest BCUT2D eigenvalue weighted by molar-refractivity contribution is 5.83. The van der Waals surface area contributed by atoms with Crippen molar-refractivity contribution in [1.82, 2.24) is 20.6 Å². The van der Waals surface area contributed by atoms with Gasteiger partial charge in [0.1, 0.15) is 13.2 Å². The van der Waals surface area contributed by atoms with E-state index in [0.29, 0.717) is 25.9 Å². The molecule has 0 unspecified atom stereocenters. The van der Waals surface area contributed by atoms with Gasteiger partial charge >= 0.3 is 0 Å². The van der Waals surface area contributed by atoms with Crippen LogP contribution in [0.1, 0.15) is 11.1 Å². The standard InChI is InChI=1S/C26H26N4O3/c31-23(27-15-11-21-7-1-5-19-9-3-13-29-25(19)21)17-33-18-24(32)28-16-12-22-8-2-6-20-10-4-14-30-26(20)22/h1-10,13-14H,11-12,15-18H2,(H,27,31)(H,28,32). The number of hydrogen-bond acceptors (Lipinski definition) is 5. The van der Waals surface area contributed by atoms with Crippen molar-refractivity contribution in [2.45, 2.75) is 12.8 Å². The molecule has 0 saturated carbocycles. The van der Waals surface area contributed by atoms with Gasteiger partial charge in [-0.15, -0.1) is 0 Å². The lowest BCUT2D eigenvalue weighted by molar-refractivity contribution is -0.130. The summed E-state index contributed by atoms with van der Waals surface area (Å²) in [5.41, 5.74) is 4.05. The zero-order valence-corrected chi connectivity index (χ0v) is 18.3. The fraction of sp³-hybridized carbons (Fsp3) is 0.231. The Morgan fingerprint density at radius 2 is 1.12 bits per heavy atom. The number of hydrogen-bond donors (Lipinski definition) is 2. The summed E-state index contributed by atoms with van der Waals surface area (Å²) < 4.78 is 5.25. The van der Waals surface area contributed by atoms with Crippen LogP contribution in [0, 0.1) is 0 Å². The lowest BCUT2D eigenvalue weighted by atomic mass is 10.1. The highest BCUT2D eigenvalue weighted by Gasteiger charge is 2.07. The fourth-order valence-corrected chi connectivity index (χ4v) is 3.75. The number of ether oxygens (including phenoxy) is 1. The van der Waals surface area contributed by atoms with E-state index in [1.807, 2.05) is 60.7 Å². The van der Waals surface area contributed by atoms with E-state index < -0.39 is 0 Å². The molecule has 0 aliphatic heterocycles. The molecular weight excluding hydrogens is 416 g/mol. The van der Waals surface area contributed by atoms with E-state index in [1.165, 1.54) is 0 Å². The van der Waals surface area contributed by atoms with Crippen LogP contribution in [0.2, 0.25) is 0 Å². The van der Waals surface area contributed by atoms with Gasteiger partial charge < -0.3 is 15.4 Å². The third-order valence-corrected chi connectivity index (χ3v) is 5.33. The SMILES string of the molecule is O=C(COCC(=O)NCCc1cccc2cccnc12)NCCc1cccc2cccnc12. The summed E-state index contributed by atoms with van der Waals surface area (Å²) in [6.45, 7) is 0.634. The van der Waals surface area contributed by atoms with Crippen LogP contribution in [0.15, 0.2) is 73.1 Å². The number of benzene rings is 2. The summed E-state index contributed by atoms with van der Waals surface area (Å²) in [5, 5.41) is 7.79. The monoisotopic (exact) mass is 442 g/mol. The largest absolute Gasteiger partial charge is 0.362 e. The van der Waals surface area contributed by atoms with Gasteiger partial charge in [-0.2, -0.15) is 0 Å². The van der Waals surface area contributed by atoms with Crippen LogP contribution in [0.5, 0.6) is 0 Å². The van der Waals surface area contributed by atoms with E-state index in [0.717, 1.165) is 32.9 Å². The molecule has 168 valence electrons. The van der Waals surface area contributed by atoms with Gasteiger partial charge in [0, 0.05) is 36.3 Å². The molecule has 7 nitrogen and oxygen atoms in total. The van der Waals surface area contributed by atoms with Crippen molar-refractivity contribution in [3.63, 3.8) is 0 Å². The van der Waals surface area contributed by atoms with Gasteiger partial charge in [-0.3, -0.25) is 19.6 Å². The predicted octanol–water partition coefficient (Wildman–Crippen LogP) is 2.82. The second kappa shape index (κ2) is 11.2. The number of pyridine rings is 2. The first-order valence-corrected chi connectivity index (χ1v) is 11.0. The van der Waals surface area contributed by atoms with Crippen molar-refractivity contribution in [3.05, 3.63) is 84.2 Å². The van der Waals surface area contributed by atoms with Crippen LogP contribution in [-0.4, -0.2) is 48.1 Å². The van der Waals surface area contributed by atoms with Crippen molar-refractivity contribution in [2.75, 3.05) is 26.3 Å². The molecule has 0 radical (unpaired) electrons. The lowest BCUT2D eigenvalue weighted by Crippen LogP contribution is -2.33. The molecule has 2 aromatic carbocycles. The minimum Gasteiger partial charge on any atom is -0.362 e. The van der Waals surface area contributed by atoms with Crippen molar-refractivity contribution in [2.24, 2.45) is 0 Å². The Kier molecular flexibility index (Phi) is 7.56. The summed E-state index contributed by atoms with van der Waals surface area (Å²) in [5.74, 6) is -0.504. The number of nitrogens with zero attached hydrogens (tertiary/aromatic N) is 2. The summed E-state index contributed by atoms with van der Waals surface area (Å²) in [6, 6.07) is 19.9. The number of amides is 2. The molecule has 0 bridgehead atoms. The Labute approximate surface area is 192 Å². The van der Waals surface area contributed by atoms with E-state index in [-0.39, 0.29) is 25.0 Å². The molecular formula is C26H26N4O3. The minimum atomic E-state index is -0.252. The molecule has 0 aliphatic rings. The molecule has 2 N–H and O–H groups in total. The average molecular weight is 443 g/mol. The maximum absolute atomic E-state index is 12.0. The molecule has 2 heterocycles. The average Bonchev–Trinajstić information content (AvgIpc) is 2.84. The Morgan fingerprint density at radius 1 is 0.667 bits per heavy atom. The minimum absolute atomic E-state index is 0.158. The molecule has 4 aromatic rings. The second-order valence-electron chi connectivity index (χ2n) is 7.68. The van der Waals surface area contributed by atoms with E-state index in [4.69, 9.17) is 4.74 Å². The Morgan fingerprint density at radius 3 is 1.61 bits per heavy atom. The van der Waals surface area contributed by atoms with Crippen molar-refractivity contribution >= 4 is 33.6 Å². The molecule has 4 rings (SSSR count). The number of rotatable bonds is 10. The first-order valence-electron chi connectivity index (χ1n) is 11.0. The number of carbonyl (C=O) groups is 2. The van der Waals surface area contributed by atoms with E-state index in [9.17, 15) is 9.59 Å². The quantitative estimate of drug-likeness (QED) is 0.394. The first-order chi connectivity index (χ1) is 16.2. The van der Waals surface area contributed by atoms with E-state index in [2.05, 4.69) is 20.6 Å². The number of nitrogens with one attached hydrogen (secondary N) is 2. The van der Waals surface area contributed by atoms with Gasteiger partial charge in [0.15, 0.2) is 0 Å². The van der Waals surface area contributed by atoms with Gasteiger partial charge in [-0.25, -0.2) is 0 Å². The fourth-order valence-electron chi connectivity index (χ4n) is 3.75. The number of fused-ring (bicyclic) bond motifs is 2. The predicted molar refractivity (Wildman–Crippen MR) is 128 cm³/mol. The van der Waals surface area contributed by atoms with Gasteiger partial charge in [-0.1, -0.05) is 48.5 Å². The Balaban J connectivity index is 1.13. The number of para-hydroxylation sites is 2. The van der Waals surface area contributed by atoms with Crippen LogP contribution in [0.4, 0.5) is 0 Å². The molecule has 0 atom stereocenters. The molecule has 33 heavy (non-hydrogen) atoms. The molecule has 0 aliphatic carbocycles. The molecule has 2 aromatic heterocycles. The van der Waals surface area contributed by atoms with Crippen LogP contribution < -0.4 is 10.6 Å². The van der Waals surface area contributed by atoms with Gasteiger partial charge in [0.25, 0.3) is 0 Å². The maximum atomic E-state index is 12.0. The Hall–Kier alpha value is -3.84. The van der Waals surface area contributed by atoms with E-state index >= 15 is 0 Å². The third kappa shape index (κ3) is 6.11. The number of aromatic nitrogens is 2. The summed E-state index contributed by atoms with van der Waals surface area (Å²) >= 11 is 0. The number of carbonyl (C=O) groups excluding carboxylic acids is 2. The highest BCUT2D eigenvalue weighted by atomic mass is 16.5. The van der Waals surface area contributed by atoms with Crippen molar-refractivity contribution in [1.29, 1.82) is 0 Å². The van der Waals surface area contributed by atoms with Crippen LogP contribution in [-0.2, 0) is 27.2 Å². The summed E-state index contributed by atoms with van der Waals surface area (Å²) in [6.07, 6.45) is 4.87.